The zero-order chi connectivity index (χ0) is 16.9. The van der Waals surface area contributed by atoms with Crippen LogP contribution in [-0.4, -0.2) is 53.3 Å². The fourth-order valence-electron chi connectivity index (χ4n) is 2.59. The van der Waals surface area contributed by atoms with E-state index in [1.165, 1.54) is 0 Å². The van der Waals surface area contributed by atoms with Crippen molar-refractivity contribution >= 4 is 17.2 Å². The normalized spacial score (nSPS) is 16.8. The third-order valence-electron chi connectivity index (χ3n) is 3.98. The molecule has 0 bridgehead atoms. The monoisotopic (exact) mass is 340 g/mol. The lowest BCUT2D eigenvalue weighted by Crippen LogP contribution is -2.41. The Hall–Kier alpha value is -0.980. The summed E-state index contributed by atoms with van der Waals surface area (Å²) >= 11 is 1.63. The van der Waals surface area contributed by atoms with Crippen LogP contribution in [0, 0.1) is 0 Å². The lowest BCUT2D eigenvalue weighted by Gasteiger charge is -2.32. The van der Waals surface area contributed by atoms with Crippen LogP contribution < -0.4 is 0 Å². The van der Waals surface area contributed by atoms with E-state index in [1.807, 2.05) is 10.3 Å². The molecule has 2 rings (SSSR count). The highest BCUT2D eigenvalue weighted by atomic mass is 32.1. The molecule has 1 aliphatic heterocycles. The number of piperidine rings is 1. The highest BCUT2D eigenvalue weighted by molar-refractivity contribution is 7.09. The summed E-state index contributed by atoms with van der Waals surface area (Å²) in [7, 11) is 0. The number of ether oxygens (including phenoxy) is 1. The van der Waals surface area contributed by atoms with E-state index in [-0.39, 0.29) is 24.0 Å². The van der Waals surface area contributed by atoms with Crippen LogP contribution in [0.1, 0.15) is 50.7 Å². The average Bonchev–Trinajstić information content (AvgIpc) is 2.97. The van der Waals surface area contributed by atoms with Crippen molar-refractivity contribution in [3.05, 3.63) is 16.1 Å². The second kappa shape index (κ2) is 8.22. The van der Waals surface area contributed by atoms with E-state index in [1.54, 1.807) is 11.3 Å². The molecule has 0 aliphatic carbocycles. The highest BCUT2D eigenvalue weighted by Gasteiger charge is 2.24. The van der Waals surface area contributed by atoms with E-state index < -0.39 is 0 Å². The van der Waals surface area contributed by atoms with E-state index in [0.717, 1.165) is 36.6 Å². The third-order valence-corrected chi connectivity index (χ3v) is 5.29. The molecule has 0 saturated carbocycles. The molecule has 1 amide bonds. The minimum atomic E-state index is 0.0379. The van der Waals surface area contributed by atoms with E-state index in [2.05, 4.69) is 25.8 Å². The van der Waals surface area contributed by atoms with Crippen molar-refractivity contribution in [3.8, 4) is 0 Å². The molecule has 130 valence electrons. The van der Waals surface area contributed by atoms with Crippen molar-refractivity contribution in [1.29, 1.82) is 0 Å². The number of thiazole rings is 1. The summed E-state index contributed by atoms with van der Waals surface area (Å²) in [5, 5.41) is 11.8. The molecule has 1 aliphatic rings. The second-order valence-corrected chi connectivity index (χ2v) is 7.96. The van der Waals surface area contributed by atoms with Crippen molar-refractivity contribution in [2.24, 2.45) is 0 Å². The Morgan fingerprint density at radius 1 is 1.43 bits per heavy atom. The van der Waals surface area contributed by atoms with Crippen LogP contribution in [0.4, 0.5) is 0 Å². The van der Waals surface area contributed by atoms with Gasteiger partial charge in [0.2, 0.25) is 5.91 Å². The smallest absolute Gasteiger partial charge is 0.228 e. The van der Waals surface area contributed by atoms with Gasteiger partial charge in [-0.2, -0.15) is 0 Å². The number of aliphatic hydroxyl groups excluding tert-OH is 1. The molecule has 1 aromatic rings. The van der Waals surface area contributed by atoms with E-state index in [9.17, 15) is 4.79 Å². The molecule has 0 radical (unpaired) electrons. The topological polar surface area (TPSA) is 62.7 Å². The quantitative estimate of drug-likeness (QED) is 0.808. The summed E-state index contributed by atoms with van der Waals surface area (Å²) in [6.45, 7) is 8.68. The maximum absolute atomic E-state index is 12.4. The van der Waals surface area contributed by atoms with Crippen LogP contribution in [0.3, 0.4) is 0 Å². The van der Waals surface area contributed by atoms with Crippen molar-refractivity contribution in [2.75, 3.05) is 26.3 Å². The van der Waals surface area contributed by atoms with Gasteiger partial charge in [0.1, 0.15) is 0 Å². The highest BCUT2D eigenvalue weighted by Crippen LogP contribution is 2.26. The largest absolute Gasteiger partial charge is 0.396 e. The summed E-state index contributed by atoms with van der Waals surface area (Å²) in [4.78, 5) is 18.9. The Morgan fingerprint density at radius 2 is 2.13 bits per heavy atom. The molecule has 1 saturated heterocycles. The first-order chi connectivity index (χ1) is 10.9. The predicted molar refractivity (Wildman–Crippen MR) is 91.8 cm³/mol. The first-order valence-corrected chi connectivity index (χ1v) is 9.23. The maximum atomic E-state index is 12.4. The van der Waals surface area contributed by atoms with Crippen LogP contribution in [0.25, 0.3) is 0 Å². The summed E-state index contributed by atoms with van der Waals surface area (Å²) in [6.07, 6.45) is 3.04. The number of carbonyl (C=O) groups excluding carboxylic acids is 1. The number of hydrogen-bond acceptors (Lipinski definition) is 5. The molecule has 0 aromatic carbocycles. The van der Waals surface area contributed by atoms with Gasteiger partial charge in [-0.15, -0.1) is 11.3 Å². The molecule has 1 aromatic heterocycles. The molecular formula is C17H28N2O3S. The predicted octanol–water partition coefficient (Wildman–Crippen LogP) is 2.37. The fraction of sp³-hybridized carbons (Fsp3) is 0.765. The molecular weight excluding hydrogens is 312 g/mol. The Balaban J connectivity index is 1.78. The van der Waals surface area contributed by atoms with Gasteiger partial charge < -0.3 is 14.7 Å². The van der Waals surface area contributed by atoms with Gasteiger partial charge in [0.05, 0.1) is 23.2 Å². The molecule has 2 heterocycles. The number of hydrogen-bond donors (Lipinski definition) is 1. The first-order valence-electron chi connectivity index (χ1n) is 8.35. The van der Waals surface area contributed by atoms with E-state index in [4.69, 9.17) is 9.84 Å². The van der Waals surface area contributed by atoms with Gasteiger partial charge in [-0.3, -0.25) is 4.79 Å². The summed E-state index contributed by atoms with van der Waals surface area (Å²) in [5.41, 5.74) is 0.919. The van der Waals surface area contributed by atoms with Crippen LogP contribution in [0.5, 0.6) is 0 Å². The number of aromatic nitrogens is 1. The lowest BCUT2D eigenvalue weighted by atomic mass is 9.98. The number of carbonyl (C=O) groups is 1. The molecule has 0 unspecified atom stereocenters. The van der Waals surface area contributed by atoms with Gasteiger partial charge in [-0.25, -0.2) is 4.98 Å². The van der Waals surface area contributed by atoms with Crippen LogP contribution in [-0.2, 0) is 21.4 Å². The minimum Gasteiger partial charge on any atom is -0.396 e. The van der Waals surface area contributed by atoms with Gasteiger partial charge in [0.25, 0.3) is 0 Å². The Kier molecular flexibility index (Phi) is 6.56. The Bertz CT molecular complexity index is 502. The molecule has 5 nitrogen and oxygen atoms in total. The van der Waals surface area contributed by atoms with Crippen LogP contribution in [0.2, 0.25) is 0 Å². The fourth-order valence-corrected chi connectivity index (χ4v) is 3.49. The number of nitrogens with zero attached hydrogens (tertiary/aromatic N) is 2. The van der Waals surface area contributed by atoms with Crippen molar-refractivity contribution in [3.63, 3.8) is 0 Å². The van der Waals surface area contributed by atoms with Crippen molar-refractivity contribution < 1.29 is 14.6 Å². The number of rotatable bonds is 6. The average molecular weight is 340 g/mol. The zero-order valence-electron chi connectivity index (χ0n) is 14.4. The Morgan fingerprint density at radius 3 is 2.70 bits per heavy atom. The number of likely N-dealkylation sites (tertiary alicyclic amines) is 1. The van der Waals surface area contributed by atoms with Crippen LogP contribution >= 0.6 is 11.3 Å². The van der Waals surface area contributed by atoms with Gasteiger partial charge in [0, 0.05) is 37.1 Å². The van der Waals surface area contributed by atoms with E-state index in [0.29, 0.717) is 19.4 Å². The third kappa shape index (κ3) is 5.55. The number of amides is 1. The second-order valence-electron chi connectivity index (χ2n) is 7.10. The molecule has 6 heteroatoms. The summed E-state index contributed by atoms with van der Waals surface area (Å²) in [6, 6.07) is 0. The maximum Gasteiger partial charge on any atom is 0.228 e. The van der Waals surface area contributed by atoms with Crippen molar-refractivity contribution in [1.82, 2.24) is 9.88 Å². The van der Waals surface area contributed by atoms with Crippen molar-refractivity contribution in [2.45, 2.75) is 58.0 Å². The SMILES string of the molecule is CC(C)(C)c1nc(CC(=O)N2CCC(OCCCO)CC2)cs1. The first kappa shape index (κ1) is 18.4. The standard InChI is InChI=1S/C17H28N2O3S/c1-17(2,3)16-18-13(12-23-16)11-15(21)19-7-5-14(6-8-19)22-10-4-9-20/h12,14,20H,4-11H2,1-3H3. The zero-order valence-corrected chi connectivity index (χ0v) is 15.2. The molecule has 23 heavy (non-hydrogen) atoms. The summed E-state index contributed by atoms with van der Waals surface area (Å²) < 4.78 is 5.70. The lowest BCUT2D eigenvalue weighted by molar-refractivity contribution is -0.133. The Labute approximate surface area is 142 Å². The van der Waals surface area contributed by atoms with E-state index >= 15 is 0 Å². The molecule has 0 atom stereocenters. The molecule has 1 fully saturated rings. The van der Waals surface area contributed by atoms with Crippen LogP contribution in [0.15, 0.2) is 5.38 Å². The van der Waals surface area contributed by atoms with Gasteiger partial charge >= 0.3 is 0 Å². The molecule has 0 spiro atoms. The van der Waals surface area contributed by atoms with Gasteiger partial charge in [-0.05, 0) is 19.3 Å². The van der Waals surface area contributed by atoms with Gasteiger partial charge in [0.15, 0.2) is 0 Å². The summed E-state index contributed by atoms with van der Waals surface area (Å²) in [5.74, 6) is 0.157. The molecule has 1 N–H and O–H groups in total. The minimum absolute atomic E-state index is 0.0379. The van der Waals surface area contributed by atoms with Gasteiger partial charge in [-0.1, -0.05) is 20.8 Å². The number of aliphatic hydroxyl groups is 1.